The minimum Gasteiger partial charge on any atom is -0.469 e. The first-order valence-electron chi connectivity index (χ1n) is 9.23. The molecule has 138 valence electrons. The molecule has 1 fully saturated rings. The van der Waals surface area contributed by atoms with Gasteiger partial charge >= 0.3 is 5.97 Å². The fourth-order valence-electron chi connectivity index (χ4n) is 3.22. The summed E-state index contributed by atoms with van der Waals surface area (Å²) in [4.78, 5) is 11.1. The predicted molar refractivity (Wildman–Crippen MR) is 100 cm³/mol. The van der Waals surface area contributed by atoms with Crippen molar-refractivity contribution in [1.82, 2.24) is 0 Å². The summed E-state index contributed by atoms with van der Waals surface area (Å²) in [6, 6.07) is 17.8. The van der Waals surface area contributed by atoms with E-state index in [1.54, 1.807) is 0 Å². The molecule has 0 amide bonds. The van der Waals surface area contributed by atoms with Crippen molar-refractivity contribution in [3.63, 3.8) is 0 Å². The molecular weight excluding hydrogens is 328 g/mol. The number of ether oxygens (including phenoxy) is 3. The Bertz CT molecular complexity index is 692. The minimum atomic E-state index is -0.116. The maximum absolute atomic E-state index is 11.1. The molecule has 1 saturated carbocycles. The molecule has 0 saturated heterocycles. The largest absolute Gasteiger partial charge is 0.469 e. The summed E-state index contributed by atoms with van der Waals surface area (Å²) < 4.78 is 16.5. The molecule has 3 rings (SSSR count). The van der Waals surface area contributed by atoms with Crippen LogP contribution in [-0.4, -0.2) is 19.2 Å². The van der Waals surface area contributed by atoms with Gasteiger partial charge in [0.05, 0.1) is 19.8 Å². The molecule has 2 aromatic carbocycles. The van der Waals surface area contributed by atoms with E-state index in [0.29, 0.717) is 25.0 Å². The van der Waals surface area contributed by atoms with E-state index in [2.05, 4.69) is 10.8 Å². The molecule has 0 heterocycles. The van der Waals surface area contributed by atoms with Crippen LogP contribution in [0.4, 0.5) is 0 Å². The molecule has 4 nitrogen and oxygen atoms in total. The first-order valence-corrected chi connectivity index (χ1v) is 9.23. The number of esters is 1. The second-order valence-corrected chi connectivity index (χ2v) is 6.80. The van der Waals surface area contributed by atoms with Crippen molar-refractivity contribution in [3.05, 3.63) is 60.2 Å². The molecule has 0 atom stereocenters. The molecule has 4 heteroatoms. The summed E-state index contributed by atoms with van der Waals surface area (Å²) in [7, 11) is 1.44. The van der Waals surface area contributed by atoms with Gasteiger partial charge in [-0.05, 0) is 61.4 Å². The van der Waals surface area contributed by atoms with E-state index in [0.717, 1.165) is 42.7 Å². The third-order valence-electron chi connectivity index (χ3n) is 4.78. The first kappa shape index (κ1) is 18.5. The van der Waals surface area contributed by atoms with Crippen LogP contribution in [0.1, 0.15) is 37.7 Å². The lowest BCUT2D eigenvalue weighted by molar-refractivity contribution is -0.140. The van der Waals surface area contributed by atoms with E-state index in [-0.39, 0.29) is 5.97 Å². The maximum atomic E-state index is 11.1. The summed E-state index contributed by atoms with van der Waals surface area (Å²) >= 11 is 0. The predicted octanol–water partition coefficient (Wildman–Crippen LogP) is 5.12. The monoisotopic (exact) mass is 354 g/mol. The Morgan fingerprint density at radius 1 is 1.04 bits per heavy atom. The average molecular weight is 354 g/mol. The molecule has 0 bridgehead atoms. The van der Waals surface area contributed by atoms with Crippen LogP contribution in [0.25, 0.3) is 0 Å². The van der Waals surface area contributed by atoms with Crippen molar-refractivity contribution in [2.75, 3.05) is 7.11 Å². The Labute approximate surface area is 155 Å². The number of hydrogen-bond donors (Lipinski definition) is 0. The van der Waals surface area contributed by atoms with Gasteiger partial charge in [0.2, 0.25) is 0 Å². The number of benzene rings is 2. The summed E-state index contributed by atoms with van der Waals surface area (Å²) in [6.07, 6.45) is 5.00. The number of para-hydroxylation sites is 1. The molecule has 0 aromatic heterocycles. The zero-order chi connectivity index (χ0) is 18.2. The van der Waals surface area contributed by atoms with Gasteiger partial charge in [0.25, 0.3) is 0 Å². The van der Waals surface area contributed by atoms with Crippen LogP contribution in [0.5, 0.6) is 11.5 Å². The quantitative estimate of drug-likeness (QED) is 0.587. The molecule has 0 radical (unpaired) electrons. The van der Waals surface area contributed by atoms with Crippen molar-refractivity contribution in [1.29, 1.82) is 0 Å². The third kappa shape index (κ3) is 5.60. The van der Waals surface area contributed by atoms with Gasteiger partial charge < -0.3 is 14.2 Å². The molecule has 1 aliphatic carbocycles. The van der Waals surface area contributed by atoms with E-state index in [9.17, 15) is 4.79 Å². The normalized spacial score (nSPS) is 18.8. The number of hydrogen-bond acceptors (Lipinski definition) is 4. The van der Waals surface area contributed by atoms with Gasteiger partial charge in [-0.2, -0.15) is 0 Å². The highest BCUT2D eigenvalue weighted by molar-refractivity contribution is 5.68. The van der Waals surface area contributed by atoms with E-state index < -0.39 is 0 Å². The smallest absolute Gasteiger partial charge is 0.305 e. The molecule has 26 heavy (non-hydrogen) atoms. The summed E-state index contributed by atoms with van der Waals surface area (Å²) in [5.74, 6) is 2.22. The van der Waals surface area contributed by atoms with Gasteiger partial charge in [-0.15, -0.1) is 0 Å². The zero-order valence-corrected chi connectivity index (χ0v) is 15.2. The lowest BCUT2D eigenvalue weighted by atomic mass is 9.79. The minimum absolute atomic E-state index is 0.116. The second kappa shape index (κ2) is 9.39. The van der Waals surface area contributed by atoms with Crippen LogP contribution in [0.2, 0.25) is 0 Å². The van der Waals surface area contributed by atoms with Gasteiger partial charge in [0.15, 0.2) is 0 Å². The number of rotatable bonds is 9. The van der Waals surface area contributed by atoms with Crippen LogP contribution < -0.4 is 4.74 Å². The Hall–Kier alpha value is -2.33. The highest BCUT2D eigenvalue weighted by Gasteiger charge is 2.29. The third-order valence-corrected chi connectivity index (χ3v) is 4.78. The van der Waals surface area contributed by atoms with Gasteiger partial charge in [0.1, 0.15) is 11.5 Å². The Kier molecular flexibility index (Phi) is 6.67. The van der Waals surface area contributed by atoms with Crippen molar-refractivity contribution in [2.24, 2.45) is 5.92 Å². The topological polar surface area (TPSA) is 44.8 Å². The fraction of sp³-hybridized carbons (Fsp3) is 0.409. The summed E-state index contributed by atoms with van der Waals surface area (Å²) in [5.41, 5.74) is 1.12. The molecule has 0 unspecified atom stereocenters. The molecule has 0 spiro atoms. The van der Waals surface area contributed by atoms with E-state index >= 15 is 0 Å². The zero-order valence-electron chi connectivity index (χ0n) is 15.2. The Morgan fingerprint density at radius 3 is 2.58 bits per heavy atom. The number of carbonyl (C=O) groups is 1. The Balaban J connectivity index is 1.37. The number of carbonyl (C=O) groups excluding carboxylic acids is 1. The van der Waals surface area contributed by atoms with Crippen LogP contribution >= 0.6 is 0 Å². The van der Waals surface area contributed by atoms with Gasteiger partial charge in [-0.3, -0.25) is 4.79 Å². The van der Waals surface area contributed by atoms with Crippen LogP contribution in [-0.2, 0) is 20.9 Å². The van der Waals surface area contributed by atoms with Crippen LogP contribution in [0.3, 0.4) is 0 Å². The van der Waals surface area contributed by atoms with Crippen molar-refractivity contribution < 1.29 is 19.0 Å². The lowest BCUT2D eigenvalue weighted by Gasteiger charge is -2.35. The SMILES string of the molecule is COC(=O)CCC[C@H]1C[C@@H](OCc2cccc(Oc3ccccc3)c2)C1. The Morgan fingerprint density at radius 2 is 1.81 bits per heavy atom. The van der Waals surface area contributed by atoms with Crippen molar-refractivity contribution in [2.45, 2.75) is 44.8 Å². The molecule has 1 aliphatic rings. The summed E-state index contributed by atoms with van der Waals surface area (Å²) in [6.45, 7) is 0.603. The number of methoxy groups -OCH3 is 1. The highest BCUT2D eigenvalue weighted by Crippen LogP contribution is 2.34. The van der Waals surface area contributed by atoms with Crippen molar-refractivity contribution >= 4 is 5.97 Å². The van der Waals surface area contributed by atoms with Crippen LogP contribution in [0.15, 0.2) is 54.6 Å². The van der Waals surface area contributed by atoms with Crippen molar-refractivity contribution in [3.8, 4) is 11.5 Å². The molecule has 2 aromatic rings. The van der Waals surface area contributed by atoms with E-state index in [1.807, 2.05) is 48.5 Å². The van der Waals surface area contributed by atoms with Gasteiger partial charge in [-0.1, -0.05) is 30.3 Å². The summed E-state index contributed by atoms with van der Waals surface area (Å²) in [5, 5.41) is 0. The fourth-order valence-corrected chi connectivity index (χ4v) is 3.22. The maximum Gasteiger partial charge on any atom is 0.305 e. The second-order valence-electron chi connectivity index (χ2n) is 6.80. The van der Waals surface area contributed by atoms with Gasteiger partial charge in [0, 0.05) is 6.42 Å². The lowest BCUT2D eigenvalue weighted by Crippen LogP contribution is -2.31. The molecular formula is C22H26O4. The van der Waals surface area contributed by atoms with E-state index in [1.165, 1.54) is 7.11 Å². The first-order chi connectivity index (χ1) is 12.7. The van der Waals surface area contributed by atoms with Crippen LogP contribution in [0, 0.1) is 5.92 Å². The molecule has 0 N–H and O–H groups in total. The standard InChI is InChI=1S/C22H26O4/c1-24-22(23)12-6-7-17-13-21(14-17)25-16-18-8-5-11-20(15-18)26-19-9-3-2-4-10-19/h2-5,8-11,15,17,21H,6-7,12-14,16H2,1H3/t17-,21+. The van der Waals surface area contributed by atoms with E-state index in [4.69, 9.17) is 9.47 Å². The average Bonchev–Trinajstić information content (AvgIpc) is 2.63. The molecule has 0 aliphatic heterocycles. The van der Waals surface area contributed by atoms with Gasteiger partial charge in [-0.25, -0.2) is 0 Å². The highest BCUT2D eigenvalue weighted by atomic mass is 16.5.